The van der Waals surface area contributed by atoms with Gasteiger partial charge in [-0.2, -0.15) is 5.10 Å². The summed E-state index contributed by atoms with van der Waals surface area (Å²) < 4.78 is 44.9. The van der Waals surface area contributed by atoms with E-state index in [1.807, 2.05) is 18.2 Å². The van der Waals surface area contributed by atoms with Crippen LogP contribution in [-0.2, 0) is 21.3 Å². The van der Waals surface area contributed by atoms with Crippen LogP contribution in [0.15, 0.2) is 47.3 Å². The predicted octanol–water partition coefficient (Wildman–Crippen LogP) is 3.06. The van der Waals surface area contributed by atoms with Crippen LogP contribution in [0.3, 0.4) is 0 Å². The quantitative estimate of drug-likeness (QED) is 0.398. The molecule has 4 heterocycles. The first-order valence-electron chi connectivity index (χ1n) is 11.5. The summed E-state index contributed by atoms with van der Waals surface area (Å²) in [6, 6.07) is 7.38. The summed E-state index contributed by atoms with van der Waals surface area (Å²) in [4.78, 5) is 11.1. The first-order valence-corrected chi connectivity index (χ1v) is 13.4. The Labute approximate surface area is 209 Å². The fraction of sp³-hybridized carbons (Fsp3) is 0.375. The van der Waals surface area contributed by atoms with Gasteiger partial charge in [-0.3, -0.25) is 9.62 Å². The van der Waals surface area contributed by atoms with E-state index in [2.05, 4.69) is 38.5 Å². The maximum atomic E-state index is 11.8. The number of rotatable bonds is 7. The number of hydrogen-bond acceptors (Lipinski definition) is 9. The van der Waals surface area contributed by atoms with E-state index in [9.17, 15) is 8.42 Å². The van der Waals surface area contributed by atoms with Gasteiger partial charge in [0.1, 0.15) is 11.4 Å². The van der Waals surface area contributed by atoms with Crippen molar-refractivity contribution in [3.8, 4) is 23.0 Å². The average molecular weight is 513 g/mol. The van der Waals surface area contributed by atoms with Gasteiger partial charge in [-0.15, -0.1) is 0 Å². The monoisotopic (exact) mass is 512 g/mol. The van der Waals surface area contributed by atoms with Crippen LogP contribution in [0.2, 0.25) is 0 Å². The summed E-state index contributed by atoms with van der Waals surface area (Å²) >= 11 is 0. The van der Waals surface area contributed by atoms with Crippen LogP contribution in [0, 0.1) is 0 Å². The number of nitrogens with zero attached hydrogens (tertiary/aromatic N) is 5. The summed E-state index contributed by atoms with van der Waals surface area (Å²) in [6.07, 6.45) is 6.49. The highest BCUT2D eigenvalue weighted by Gasteiger charge is 2.23. The SMILES string of the molecule is COc1ncc(-n2ncc3c(-c4ncc(CN5C[C@@H](C)O[C@@H](C)C5)o4)cccc32)cc1NS(C)(=O)=O. The molecule has 0 aliphatic carbocycles. The van der Waals surface area contributed by atoms with E-state index in [0.29, 0.717) is 18.1 Å². The van der Waals surface area contributed by atoms with Crippen LogP contribution in [-0.4, -0.2) is 71.7 Å². The van der Waals surface area contributed by atoms with Crippen LogP contribution in [0.4, 0.5) is 5.69 Å². The third-order valence-corrected chi connectivity index (χ3v) is 6.43. The van der Waals surface area contributed by atoms with E-state index < -0.39 is 10.0 Å². The number of anilines is 1. The number of oxazole rings is 1. The maximum absolute atomic E-state index is 11.8. The van der Waals surface area contributed by atoms with Gasteiger partial charge in [0, 0.05) is 24.0 Å². The lowest BCUT2D eigenvalue weighted by atomic mass is 10.1. The molecular weight excluding hydrogens is 484 g/mol. The fourth-order valence-corrected chi connectivity index (χ4v) is 5.12. The van der Waals surface area contributed by atoms with Crippen molar-refractivity contribution in [1.29, 1.82) is 0 Å². The zero-order valence-corrected chi connectivity index (χ0v) is 21.3. The highest BCUT2D eigenvalue weighted by molar-refractivity contribution is 7.92. The Kier molecular flexibility index (Phi) is 6.41. The predicted molar refractivity (Wildman–Crippen MR) is 135 cm³/mol. The molecule has 3 aromatic heterocycles. The lowest BCUT2D eigenvalue weighted by molar-refractivity contribution is -0.0718. The highest BCUT2D eigenvalue weighted by Crippen LogP contribution is 2.31. The third kappa shape index (κ3) is 5.06. The first kappa shape index (κ1) is 24.2. The smallest absolute Gasteiger partial charge is 0.238 e. The molecule has 0 spiro atoms. The minimum atomic E-state index is -3.53. The molecule has 5 rings (SSSR count). The number of morpholine rings is 1. The molecule has 11 nitrogen and oxygen atoms in total. The molecule has 1 N–H and O–H groups in total. The molecule has 36 heavy (non-hydrogen) atoms. The Morgan fingerprint density at radius 3 is 2.64 bits per heavy atom. The molecule has 2 atom stereocenters. The van der Waals surface area contributed by atoms with E-state index in [-0.39, 0.29) is 23.8 Å². The molecule has 4 aromatic rings. The van der Waals surface area contributed by atoms with Crippen molar-refractivity contribution >= 4 is 26.6 Å². The molecule has 0 unspecified atom stereocenters. The zero-order valence-electron chi connectivity index (χ0n) is 20.5. The largest absolute Gasteiger partial charge is 0.479 e. The topological polar surface area (TPSA) is 125 Å². The number of ether oxygens (including phenoxy) is 2. The molecule has 0 radical (unpaired) electrons. The lowest BCUT2D eigenvalue weighted by Crippen LogP contribution is -2.44. The van der Waals surface area contributed by atoms with E-state index >= 15 is 0 Å². The van der Waals surface area contributed by atoms with Gasteiger partial charge >= 0.3 is 0 Å². The van der Waals surface area contributed by atoms with Gasteiger partial charge < -0.3 is 13.9 Å². The minimum absolute atomic E-state index is 0.165. The molecule has 0 bridgehead atoms. The summed E-state index contributed by atoms with van der Waals surface area (Å²) in [5, 5.41) is 5.37. The van der Waals surface area contributed by atoms with Crippen molar-refractivity contribution in [3.63, 3.8) is 0 Å². The molecule has 190 valence electrons. The molecule has 1 fully saturated rings. The molecule has 1 aliphatic rings. The summed E-state index contributed by atoms with van der Waals surface area (Å²) in [5.41, 5.74) is 2.39. The number of aromatic nitrogens is 4. The maximum Gasteiger partial charge on any atom is 0.238 e. The number of fused-ring (bicyclic) bond motifs is 1. The van der Waals surface area contributed by atoms with E-state index in [0.717, 1.165) is 41.6 Å². The second kappa shape index (κ2) is 9.52. The molecule has 0 amide bonds. The van der Waals surface area contributed by atoms with Crippen LogP contribution in [0.5, 0.6) is 5.88 Å². The van der Waals surface area contributed by atoms with Gasteiger partial charge in [-0.25, -0.2) is 23.1 Å². The number of nitrogens with one attached hydrogen (secondary N) is 1. The van der Waals surface area contributed by atoms with Crippen molar-refractivity contribution in [3.05, 3.63) is 48.6 Å². The number of hydrogen-bond donors (Lipinski definition) is 1. The normalized spacial score (nSPS) is 19.0. The summed E-state index contributed by atoms with van der Waals surface area (Å²) in [7, 11) is -2.10. The Morgan fingerprint density at radius 1 is 1.14 bits per heavy atom. The Hall–Kier alpha value is -3.48. The number of sulfonamides is 1. The summed E-state index contributed by atoms with van der Waals surface area (Å²) in [6.45, 7) is 6.49. The van der Waals surface area contributed by atoms with E-state index in [1.165, 1.54) is 7.11 Å². The fourth-order valence-electron chi connectivity index (χ4n) is 4.57. The van der Waals surface area contributed by atoms with Gasteiger partial charge in [-0.05, 0) is 32.0 Å². The van der Waals surface area contributed by atoms with Crippen LogP contribution in [0.1, 0.15) is 19.6 Å². The highest BCUT2D eigenvalue weighted by atomic mass is 32.2. The van der Waals surface area contributed by atoms with Gasteiger partial charge in [0.05, 0.1) is 61.9 Å². The van der Waals surface area contributed by atoms with Crippen molar-refractivity contribution in [2.24, 2.45) is 0 Å². The molecule has 1 aliphatic heterocycles. The second-order valence-corrected chi connectivity index (χ2v) is 10.8. The van der Waals surface area contributed by atoms with Crippen molar-refractivity contribution < 1.29 is 22.3 Å². The van der Waals surface area contributed by atoms with Crippen molar-refractivity contribution in [2.75, 3.05) is 31.2 Å². The molecule has 12 heteroatoms. The zero-order chi connectivity index (χ0) is 25.4. The minimum Gasteiger partial charge on any atom is -0.479 e. The van der Waals surface area contributed by atoms with Gasteiger partial charge in [0.25, 0.3) is 0 Å². The number of pyridine rings is 1. The molecule has 1 aromatic carbocycles. The van der Waals surface area contributed by atoms with Crippen molar-refractivity contribution in [1.82, 2.24) is 24.6 Å². The van der Waals surface area contributed by atoms with Gasteiger partial charge in [0.2, 0.25) is 21.8 Å². The number of benzene rings is 1. The van der Waals surface area contributed by atoms with Crippen molar-refractivity contribution in [2.45, 2.75) is 32.6 Å². The first-order chi connectivity index (χ1) is 17.2. The van der Waals surface area contributed by atoms with Crippen LogP contribution in [0.25, 0.3) is 28.0 Å². The van der Waals surface area contributed by atoms with E-state index in [1.54, 1.807) is 29.3 Å². The Balaban J connectivity index is 1.46. The van der Waals surface area contributed by atoms with E-state index in [4.69, 9.17) is 13.9 Å². The third-order valence-electron chi connectivity index (χ3n) is 5.84. The lowest BCUT2D eigenvalue weighted by Gasteiger charge is -2.34. The number of methoxy groups -OCH3 is 1. The molecule has 1 saturated heterocycles. The Bertz CT molecular complexity index is 1490. The average Bonchev–Trinajstić information content (AvgIpc) is 3.44. The summed E-state index contributed by atoms with van der Waals surface area (Å²) in [5.74, 6) is 1.46. The standard InChI is InChI=1S/C24H28N6O5S/c1-15-12-29(13-16(2)34-15)14-18-10-26-23(35-18)19-6-5-7-22-20(19)11-27-30(22)17-8-21(28-36(4,31)32)24(33-3)25-9-17/h5-11,15-16,28H,12-14H2,1-4H3/t15-,16+. The molecule has 0 saturated carbocycles. The Morgan fingerprint density at radius 2 is 1.92 bits per heavy atom. The van der Waals surface area contributed by atoms with Crippen LogP contribution >= 0.6 is 0 Å². The van der Waals surface area contributed by atoms with Gasteiger partial charge in [0.15, 0.2) is 0 Å². The second-order valence-electron chi connectivity index (χ2n) is 9.00. The molecular formula is C24H28N6O5S. The van der Waals surface area contributed by atoms with Crippen LogP contribution < -0.4 is 9.46 Å². The van der Waals surface area contributed by atoms with Gasteiger partial charge in [-0.1, -0.05) is 6.07 Å².